The highest BCUT2D eigenvalue weighted by Crippen LogP contribution is 2.22. The number of carbonyl (C=O) groups excluding carboxylic acids is 1. The fourth-order valence-electron chi connectivity index (χ4n) is 1.93. The summed E-state index contributed by atoms with van der Waals surface area (Å²) in [7, 11) is 1.46. The standard InChI is InChI=1S/C16H18N2O4S/c1-10(16(20)21)18(3)15(19)13-6-4-5-7-14(13)22-8-12-9-23-11(2)17-12/h4-7,9-10H,8H2,1-3H3,(H,20,21). The van der Waals surface area contributed by atoms with E-state index in [0.29, 0.717) is 11.3 Å². The highest BCUT2D eigenvalue weighted by molar-refractivity contribution is 7.09. The second-order valence-electron chi connectivity index (χ2n) is 5.07. The van der Waals surface area contributed by atoms with E-state index in [-0.39, 0.29) is 6.61 Å². The molecule has 1 aromatic heterocycles. The second kappa shape index (κ2) is 7.23. The minimum absolute atomic E-state index is 0.257. The van der Waals surface area contributed by atoms with Gasteiger partial charge in [-0.15, -0.1) is 11.3 Å². The van der Waals surface area contributed by atoms with Gasteiger partial charge >= 0.3 is 5.97 Å². The zero-order valence-electron chi connectivity index (χ0n) is 13.1. The van der Waals surface area contributed by atoms with Crippen molar-refractivity contribution in [3.05, 3.63) is 45.9 Å². The van der Waals surface area contributed by atoms with Crippen LogP contribution in [0, 0.1) is 6.92 Å². The molecule has 0 saturated heterocycles. The molecule has 2 aromatic rings. The molecule has 6 nitrogen and oxygen atoms in total. The van der Waals surface area contributed by atoms with Crippen molar-refractivity contribution >= 4 is 23.2 Å². The Labute approximate surface area is 138 Å². The molecule has 0 saturated carbocycles. The molecule has 0 fully saturated rings. The van der Waals surface area contributed by atoms with Crippen molar-refractivity contribution in [2.75, 3.05) is 7.05 Å². The highest BCUT2D eigenvalue weighted by Gasteiger charge is 2.24. The third-order valence-electron chi connectivity index (χ3n) is 3.42. The SMILES string of the molecule is Cc1nc(COc2ccccc2C(=O)N(C)C(C)C(=O)O)cs1. The molecular weight excluding hydrogens is 316 g/mol. The van der Waals surface area contributed by atoms with Crippen LogP contribution in [-0.2, 0) is 11.4 Å². The predicted octanol–water partition coefficient (Wildman–Crippen LogP) is 2.58. The van der Waals surface area contributed by atoms with Crippen LogP contribution in [0.3, 0.4) is 0 Å². The van der Waals surface area contributed by atoms with E-state index < -0.39 is 17.9 Å². The van der Waals surface area contributed by atoms with Gasteiger partial charge in [0.2, 0.25) is 0 Å². The molecule has 1 N–H and O–H groups in total. The average Bonchev–Trinajstić information content (AvgIpc) is 2.96. The van der Waals surface area contributed by atoms with Gasteiger partial charge in [0.05, 0.1) is 16.3 Å². The van der Waals surface area contributed by atoms with Crippen molar-refractivity contribution in [2.24, 2.45) is 0 Å². The van der Waals surface area contributed by atoms with Crippen LogP contribution in [0.5, 0.6) is 5.75 Å². The van der Waals surface area contributed by atoms with Gasteiger partial charge in [0.25, 0.3) is 5.91 Å². The number of nitrogens with zero attached hydrogens (tertiary/aromatic N) is 2. The summed E-state index contributed by atoms with van der Waals surface area (Å²) in [6.45, 7) is 3.63. The number of aryl methyl sites for hydroxylation is 1. The number of ether oxygens (including phenoxy) is 1. The Morgan fingerprint density at radius 1 is 1.39 bits per heavy atom. The number of hydrogen-bond acceptors (Lipinski definition) is 5. The van der Waals surface area contributed by atoms with Crippen molar-refractivity contribution < 1.29 is 19.4 Å². The van der Waals surface area contributed by atoms with Crippen molar-refractivity contribution in [1.82, 2.24) is 9.88 Å². The van der Waals surface area contributed by atoms with Crippen LogP contribution in [0.4, 0.5) is 0 Å². The van der Waals surface area contributed by atoms with Gasteiger partial charge in [0.1, 0.15) is 18.4 Å². The van der Waals surface area contributed by atoms with Crippen LogP contribution < -0.4 is 4.74 Å². The van der Waals surface area contributed by atoms with Gasteiger partial charge in [-0.2, -0.15) is 0 Å². The maximum Gasteiger partial charge on any atom is 0.326 e. The van der Waals surface area contributed by atoms with Gasteiger partial charge in [0, 0.05) is 12.4 Å². The Kier molecular flexibility index (Phi) is 5.33. The Morgan fingerprint density at radius 2 is 2.09 bits per heavy atom. The lowest BCUT2D eigenvalue weighted by atomic mass is 10.1. The van der Waals surface area contributed by atoms with Crippen molar-refractivity contribution in [3.8, 4) is 5.75 Å². The van der Waals surface area contributed by atoms with Crippen molar-refractivity contribution in [1.29, 1.82) is 0 Å². The van der Waals surface area contributed by atoms with E-state index in [1.165, 1.54) is 30.2 Å². The molecular formula is C16H18N2O4S. The molecule has 1 heterocycles. The number of aliphatic carboxylic acids is 1. The maximum atomic E-state index is 12.5. The summed E-state index contributed by atoms with van der Waals surface area (Å²) in [5, 5.41) is 11.9. The molecule has 1 atom stereocenters. The van der Waals surface area contributed by atoms with E-state index in [1.807, 2.05) is 12.3 Å². The van der Waals surface area contributed by atoms with E-state index in [9.17, 15) is 9.59 Å². The van der Waals surface area contributed by atoms with Gasteiger partial charge in [-0.25, -0.2) is 9.78 Å². The minimum Gasteiger partial charge on any atom is -0.486 e. The minimum atomic E-state index is -1.06. The normalized spacial score (nSPS) is 11.8. The molecule has 122 valence electrons. The molecule has 1 amide bonds. The lowest BCUT2D eigenvalue weighted by Crippen LogP contribution is -2.40. The second-order valence-corrected chi connectivity index (χ2v) is 6.14. The number of carboxylic acids is 1. The molecule has 0 aliphatic carbocycles. The topological polar surface area (TPSA) is 79.7 Å². The Morgan fingerprint density at radius 3 is 2.70 bits per heavy atom. The summed E-state index contributed by atoms with van der Waals surface area (Å²) < 4.78 is 5.70. The summed E-state index contributed by atoms with van der Waals surface area (Å²) in [5.74, 6) is -1.05. The summed E-state index contributed by atoms with van der Waals surface area (Å²) >= 11 is 1.53. The Bertz CT molecular complexity index is 714. The molecule has 0 spiro atoms. The molecule has 7 heteroatoms. The van der Waals surface area contributed by atoms with Crippen LogP contribution in [0.2, 0.25) is 0 Å². The molecule has 0 radical (unpaired) electrons. The largest absolute Gasteiger partial charge is 0.486 e. The van der Waals surface area contributed by atoms with Crippen LogP contribution in [0.25, 0.3) is 0 Å². The molecule has 1 unspecified atom stereocenters. The van der Waals surface area contributed by atoms with E-state index in [4.69, 9.17) is 9.84 Å². The van der Waals surface area contributed by atoms with E-state index in [0.717, 1.165) is 10.7 Å². The number of amides is 1. The predicted molar refractivity (Wildman–Crippen MR) is 86.8 cm³/mol. The number of benzene rings is 1. The Hall–Kier alpha value is -2.41. The van der Waals surface area contributed by atoms with E-state index >= 15 is 0 Å². The van der Waals surface area contributed by atoms with E-state index in [1.54, 1.807) is 24.3 Å². The number of rotatable bonds is 6. The number of aromatic nitrogens is 1. The fraction of sp³-hybridized carbons (Fsp3) is 0.312. The number of carbonyl (C=O) groups is 2. The maximum absolute atomic E-state index is 12.5. The third kappa shape index (κ3) is 4.07. The zero-order chi connectivity index (χ0) is 17.0. The third-order valence-corrected chi connectivity index (χ3v) is 4.24. The molecule has 0 bridgehead atoms. The van der Waals surface area contributed by atoms with Gasteiger partial charge < -0.3 is 14.7 Å². The molecule has 1 aromatic carbocycles. The molecule has 23 heavy (non-hydrogen) atoms. The summed E-state index contributed by atoms with van der Waals surface area (Å²) in [6.07, 6.45) is 0. The lowest BCUT2D eigenvalue weighted by Gasteiger charge is -2.22. The summed E-state index contributed by atoms with van der Waals surface area (Å²) in [6, 6.07) is 5.86. The van der Waals surface area contributed by atoms with Crippen LogP contribution in [0.15, 0.2) is 29.6 Å². The first-order chi connectivity index (χ1) is 10.9. The van der Waals surface area contributed by atoms with E-state index in [2.05, 4.69) is 4.98 Å². The summed E-state index contributed by atoms with van der Waals surface area (Å²) in [5.41, 5.74) is 1.12. The summed E-state index contributed by atoms with van der Waals surface area (Å²) in [4.78, 5) is 29.0. The monoisotopic (exact) mass is 334 g/mol. The van der Waals surface area contributed by atoms with Gasteiger partial charge in [0.15, 0.2) is 0 Å². The quantitative estimate of drug-likeness (QED) is 0.878. The number of thiazole rings is 1. The van der Waals surface area contributed by atoms with Crippen LogP contribution in [-0.4, -0.2) is 40.0 Å². The fourth-order valence-corrected chi connectivity index (χ4v) is 2.52. The number of para-hydroxylation sites is 1. The number of carboxylic acid groups (broad SMARTS) is 1. The Balaban J connectivity index is 2.16. The van der Waals surface area contributed by atoms with Crippen molar-refractivity contribution in [3.63, 3.8) is 0 Å². The first-order valence-corrected chi connectivity index (χ1v) is 7.91. The number of hydrogen-bond donors (Lipinski definition) is 1. The zero-order valence-corrected chi connectivity index (χ0v) is 14.0. The van der Waals surface area contributed by atoms with Crippen LogP contribution >= 0.6 is 11.3 Å². The first kappa shape index (κ1) is 17.0. The smallest absolute Gasteiger partial charge is 0.326 e. The van der Waals surface area contributed by atoms with Gasteiger partial charge in [-0.05, 0) is 26.0 Å². The molecule has 0 aliphatic rings. The van der Waals surface area contributed by atoms with Crippen molar-refractivity contribution in [2.45, 2.75) is 26.5 Å². The highest BCUT2D eigenvalue weighted by atomic mass is 32.1. The molecule has 0 aliphatic heterocycles. The first-order valence-electron chi connectivity index (χ1n) is 7.03. The van der Waals surface area contributed by atoms with Gasteiger partial charge in [-0.1, -0.05) is 12.1 Å². The molecule has 2 rings (SSSR count). The van der Waals surface area contributed by atoms with Gasteiger partial charge in [-0.3, -0.25) is 4.79 Å². The average molecular weight is 334 g/mol. The number of likely N-dealkylation sites (N-methyl/N-ethyl adjacent to an activating group) is 1. The lowest BCUT2D eigenvalue weighted by molar-refractivity contribution is -0.141. The van der Waals surface area contributed by atoms with Crippen LogP contribution in [0.1, 0.15) is 28.0 Å².